The van der Waals surface area contributed by atoms with E-state index < -0.39 is 27.9 Å². The summed E-state index contributed by atoms with van der Waals surface area (Å²) in [7, 11) is 0. The second-order valence-corrected chi connectivity index (χ2v) is 7.09. The molecule has 2 N–H and O–H groups in total. The summed E-state index contributed by atoms with van der Waals surface area (Å²) >= 11 is 6.16. The van der Waals surface area contributed by atoms with Gasteiger partial charge in [-0.05, 0) is 35.9 Å². The van der Waals surface area contributed by atoms with Gasteiger partial charge < -0.3 is 14.7 Å². The zero-order valence-electron chi connectivity index (χ0n) is 15.8. The van der Waals surface area contributed by atoms with Gasteiger partial charge in [0.2, 0.25) is 0 Å². The number of aromatic hydroxyl groups is 1. The van der Waals surface area contributed by atoms with Crippen molar-refractivity contribution in [3.05, 3.63) is 96.9 Å². The second kappa shape index (κ2) is 8.04. The molecule has 0 aliphatic heterocycles. The monoisotopic (exact) mass is 440 g/mol. The first-order chi connectivity index (χ1) is 14.8. The maximum absolute atomic E-state index is 13.3. The van der Waals surface area contributed by atoms with Crippen LogP contribution in [0.1, 0.15) is 17.0 Å². The van der Waals surface area contributed by atoms with Crippen LogP contribution in [0.5, 0.6) is 5.88 Å². The minimum Gasteiger partial charge on any atom is -0.488 e. The van der Waals surface area contributed by atoms with Crippen molar-refractivity contribution >= 4 is 40.3 Å². The smallest absolute Gasteiger partial charge is 0.395 e. The Morgan fingerprint density at radius 3 is 2.74 bits per heavy atom. The second-order valence-electron chi connectivity index (χ2n) is 6.68. The molecule has 2 aromatic carbocycles. The van der Waals surface area contributed by atoms with E-state index in [9.17, 15) is 24.4 Å². The molecule has 4 rings (SSSR count). The largest absolute Gasteiger partial charge is 0.488 e. The Labute approximate surface area is 179 Å². The number of nitrogens with one attached hydrogen (secondary N) is 1. The topological polar surface area (TPSA) is 114 Å². The zero-order chi connectivity index (χ0) is 22.1. The Kier molecular flexibility index (Phi) is 5.26. The first-order valence-electron chi connectivity index (χ1n) is 9.01. The Morgan fingerprint density at radius 2 is 2.03 bits per heavy atom. The van der Waals surface area contributed by atoms with E-state index in [0.29, 0.717) is 11.6 Å². The SMILES string of the molecule is O=c1[nH]c(/C=C/c2cn(Cc3ccc(F)cc3Cl)c3ccccc23)nc(O)c1[N+](=O)[O-]. The van der Waals surface area contributed by atoms with Gasteiger partial charge in [0.25, 0.3) is 5.88 Å². The van der Waals surface area contributed by atoms with E-state index in [1.807, 2.05) is 35.0 Å². The number of para-hydroxylation sites is 1. The maximum atomic E-state index is 13.3. The molecule has 31 heavy (non-hydrogen) atoms. The molecular weight excluding hydrogens is 427 g/mol. The average Bonchev–Trinajstić information content (AvgIpc) is 3.05. The molecule has 0 spiro atoms. The quantitative estimate of drug-likeness (QED) is 0.353. The standard InChI is InChI=1S/C21H14ClFN4O4/c22-16-9-14(23)7-5-13(16)11-26-10-12(15-3-1-2-4-17(15)26)6-8-18-24-20(28)19(27(30)31)21(29)25-18/h1-10H,11H2,(H2,24,25,28,29)/b8-6+. The van der Waals surface area contributed by atoms with Gasteiger partial charge in [-0.3, -0.25) is 14.9 Å². The van der Waals surface area contributed by atoms with Gasteiger partial charge in [0.15, 0.2) is 0 Å². The summed E-state index contributed by atoms with van der Waals surface area (Å²) in [5, 5.41) is 21.7. The van der Waals surface area contributed by atoms with Crippen molar-refractivity contribution in [3.63, 3.8) is 0 Å². The molecule has 0 atom stereocenters. The number of aromatic nitrogens is 3. The molecule has 0 saturated heterocycles. The fraction of sp³-hybridized carbons (Fsp3) is 0.0476. The number of nitro groups is 1. The van der Waals surface area contributed by atoms with E-state index in [-0.39, 0.29) is 5.82 Å². The molecule has 0 amide bonds. The van der Waals surface area contributed by atoms with Gasteiger partial charge in [-0.1, -0.05) is 35.9 Å². The lowest BCUT2D eigenvalue weighted by molar-refractivity contribution is -0.387. The molecule has 0 unspecified atom stereocenters. The summed E-state index contributed by atoms with van der Waals surface area (Å²) in [6.07, 6.45) is 4.95. The number of hydrogen-bond donors (Lipinski definition) is 2. The van der Waals surface area contributed by atoms with E-state index in [4.69, 9.17) is 11.6 Å². The first kappa shape index (κ1) is 20.3. The third-order valence-corrected chi connectivity index (χ3v) is 5.03. The van der Waals surface area contributed by atoms with Gasteiger partial charge in [-0.15, -0.1) is 0 Å². The van der Waals surface area contributed by atoms with Crippen molar-refractivity contribution in [1.82, 2.24) is 14.5 Å². The van der Waals surface area contributed by atoms with E-state index in [0.717, 1.165) is 22.0 Å². The van der Waals surface area contributed by atoms with Crippen LogP contribution in [-0.4, -0.2) is 24.6 Å². The third-order valence-electron chi connectivity index (χ3n) is 4.67. The van der Waals surface area contributed by atoms with Gasteiger partial charge in [-0.2, -0.15) is 4.98 Å². The van der Waals surface area contributed by atoms with Gasteiger partial charge in [0.1, 0.15) is 11.6 Å². The molecule has 0 radical (unpaired) electrons. The number of aromatic amines is 1. The minimum absolute atomic E-state index is 0.0356. The molecule has 0 saturated carbocycles. The number of hydrogen-bond acceptors (Lipinski definition) is 5. The molecule has 0 aliphatic carbocycles. The molecule has 0 bridgehead atoms. The van der Waals surface area contributed by atoms with E-state index in [1.165, 1.54) is 18.2 Å². The fourth-order valence-electron chi connectivity index (χ4n) is 3.26. The number of halogens is 2. The molecular formula is C21H14ClFN4O4. The zero-order valence-corrected chi connectivity index (χ0v) is 16.5. The van der Waals surface area contributed by atoms with Crippen LogP contribution in [0.15, 0.2) is 53.5 Å². The number of fused-ring (bicyclic) bond motifs is 1. The fourth-order valence-corrected chi connectivity index (χ4v) is 3.48. The summed E-state index contributed by atoms with van der Waals surface area (Å²) in [5.74, 6) is -1.41. The summed E-state index contributed by atoms with van der Waals surface area (Å²) in [5.41, 5.74) is 0.353. The van der Waals surface area contributed by atoms with Crippen LogP contribution in [0.3, 0.4) is 0 Å². The Bertz CT molecular complexity index is 1410. The van der Waals surface area contributed by atoms with Crippen LogP contribution in [0.4, 0.5) is 10.1 Å². The average molecular weight is 441 g/mol. The van der Waals surface area contributed by atoms with Gasteiger partial charge in [0.05, 0.1) is 4.92 Å². The molecule has 4 aromatic rings. The van der Waals surface area contributed by atoms with Gasteiger partial charge in [0, 0.05) is 34.2 Å². The number of nitrogens with zero attached hydrogens (tertiary/aromatic N) is 3. The minimum atomic E-state index is -1.05. The molecule has 0 fully saturated rings. The maximum Gasteiger partial charge on any atom is 0.395 e. The molecule has 2 heterocycles. The summed E-state index contributed by atoms with van der Waals surface area (Å²) in [6.45, 7) is 0.404. The lowest BCUT2D eigenvalue weighted by Crippen LogP contribution is -2.14. The normalized spacial score (nSPS) is 11.4. The Hall–Kier alpha value is -3.98. The van der Waals surface area contributed by atoms with Crippen molar-refractivity contribution in [3.8, 4) is 5.88 Å². The summed E-state index contributed by atoms with van der Waals surface area (Å²) in [6, 6.07) is 11.8. The van der Waals surface area contributed by atoms with Gasteiger partial charge in [-0.25, -0.2) is 4.39 Å². The predicted molar refractivity (Wildman–Crippen MR) is 115 cm³/mol. The molecule has 2 aromatic heterocycles. The van der Waals surface area contributed by atoms with Crippen LogP contribution in [0, 0.1) is 15.9 Å². The van der Waals surface area contributed by atoms with Crippen molar-refractivity contribution in [1.29, 1.82) is 0 Å². The van der Waals surface area contributed by atoms with Crippen molar-refractivity contribution in [2.45, 2.75) is 6.54 Å². The summed E-state index contributed by atoms with van der Waals surface area (Å²) < 4.78 is 15.3. The van der Waals surface area contributed by atoms with Crippen LogP contribution in [0.25, 0.3) is 23.1 Å². The number of benzene rings is 2. The van der Waals surface area contributed by atoms with Crippen LogP contribution >= 0.6 is 11.6 Å². The highest BCUT2D eigenvalue weighted by atomic mass is 35.5. The Balaban J connectivity index is 1.72. The van der Waals surface area contributed by atoms with Crippen molar-refractivity contribution < 1.29 is 14.4 Å². The van der Waals surface area contributed by atoms with Crippen molar-refractivity contribution in [2.75, 3.05) is 0 Å². The number of H-pyrrole nitrogens is 1. The first-order valence-corrected chi connectivity index (χ1v) is 9.39. The molecule has 10 heteroatoms. The highest BCUT2D eigenvalue weighted by Gasteiger charge is 2.21. The van der Waals surface area contributed by atoms with Crippen LogP contribution in [-0.2, 0) is 6.54 Å². The van der Waals surface area contributed by atoms with E-state index >= 15 is 0 Å². The lowest BCUT2D eigenvalue weighted by atomic mass is 10.1. The molecule has 156 valence electrons. The third kappa shape index (κ3) is 4.03. The highest BCUT2D eigenvalue weighted by Crippen LogP contribution is 2.26. The predicted octanol–water partition coefficient (Wildman–Crippen LogP) is 4.35. The van der Waals surface area contributed by atoms with E-state index in [2.05, 4.69) is 9.97 Å². The number of rotatable bonds is 5. The van der Waals surface area contributed by atoms with Gasteiger partial charge >= 0.3 is 11.2 Å². The van der Waals surface area contributed by atoms with Crippen LogP contribution in [0.2, 0.25) is 5.02 Å². The highest BCUT2D eigenvalue weighted by molar-refractivity contribution is 6.31. The van der Waals surface area contributed by atoms with E-state index in [1.54, 1.807) is 12.1 Å². The van der Waals surface area contributed by atoms with Crippen molar-refractivity contribution in [2.24, 2.45) is 0 Å². The summed E-state index contributed by atoms with van der Waals surface area (Å²) in [4.78, 5) is 27.5. The molecule has 8 nitrogen and oxygen atoms in total. The Morgan fingerprint density at radius 1 is 1.26 bits per heavy atom. The molecule has 0 aliphatic rings. The lowest BCUT2D eigenvalue weighted by Gasteiger charge is -2.07. The van der Waals surface area contributed by atoms with Crippen LogP contribution < -0.4 is 5.56 Å².